The van der Waals surface area contributed by atoms with E-state index < -0.39 is 29.7 Å². The molecule has 1 aromatic carbocycles. The number of esters is 3. The van der Waals surface area contributed by atoms with Gasteiger partial charge in [-0.15, -0.1) is 0 Å². The molecule has 0 bridgehead atoms. The van der Waals surface area contributed by atoms with E-state index in [4.69, 9.17) is 18.9 Å². The molecular weight excluding hydrogens is 412 g/mol. The Morgan fingerprint density at radius 1 is 1.22 bits per heavy atom. The monoisotopic (exact) mass is 440 g/mol. The molecule has 0 N–H and O–H groups in total. The van der Waals surface area contributed by atoms with Crippen LogP contribution in [0.25, 0.3) is 0 Å². The van der Waals surface area contributed by atoms with Crippen LogP contribution in [-0.2, 0) is 23.8 Å². The highest BCUT2D eigenvalue weighted by Crippen LogP contribution is 2.53. The number of rotatable bonds is 4. The van der Waals surface area contributed by atoms with Gasteiger partial charge < -0.3 is 18.9 Å². The van der Waals surface area contributed by atoms with E-state index in [0.29, 0.717) is 36.1 Å². The highest BCUT2D eigenvalue weighted by Gasteiger charge is 2.56. The van der Waals surface area contributed by atoms with Crippen molar-refractivity contribution in [2.45, 2.75) is 57.8 Å². The molecule has 7 nitrogen and oxygen atoms in total. The number of methoxy groups -OCH3 is 1. The number of benzene rings is 1. The van der Waals surface area contributed by atoms with Crippen molar-refractivity contribution in [3.05, 3.63) is 53.1 Å². The molecule has 32 heavy (non-hydrogen) atoms. The van der Waals surface area contributed by atoms with Crippen molar-refractivity contribution in [1.29, 1.82) is 0 Å². The zero-order chi connectivity index (χ0) is 23.2. The molecular formula is C25H28O7. The topological polar surface area (TPSA) is 88.1 Å². The minimum atomic E-state index is -0.791. The first-order chi connectivity index (χ1) is 15.1. The van der Waals surface area contributed by atoms with Crippen molar-refractivity contribution in [2.24, 2.45) is 11.8 Å². The molecule has 4 rings (SSSR count). The molecule has 3 aliphatic rings. The first kappa shape index (κ1) is 22.1. The summed E-state index contributed by atoms with van der Waals surface area (Å²) in [4.78, 5) is 37.0. The normalized spacial score (nSPS) is 31.4. The molecule has 5 atom stereocenters. The van der Waals surface area contributed by atoms with Crippen LogP contribution in [0.4, 0.5) is 0 Å². The van der Waals surface area contributed by atoms with Gasteiger partial charge in [0, 0.05) is 24.3 Å². The second-order valence-electron chi connectivity index (χ2n) is 8.95. The third-order valence-corrected chi connectivity index (χ3v) is 7.02. The van der Waals surface area contributed by atoms with E-state index in [1.807, 2.05) is 13.8 Å². The standard InChI is InChI=1S/C25H28O7/c1-13-18-10-11-25(4,32-15(3)26)19-12-20(14(2)21(19)22(18)31-23(13)27)30-24(28)16-6-8-17(29-5)9-7-16/h6-9,18-20,22H,1,10-12H2,2-5H3/t18-,19?,20-,22-,25+/m0/s1. The highest BCUT2D eigenvalue weighted by atomic mass is 16.6. The van der Waals surface area contributed by atoms with Crippen molar-refractivity contribution in [2.75, 3.05) is 7.11 Å². The summed E-state index contributed by atoms with van der Waals surface area (Å²) >= 11 is 0. The van der Waals surface area contributed by atoms with Crippen molar-refractivity contribution >= 4 is 17.9 Å². The Bertz CT molecular complexity index is 1010. The van der Waals surface area contributed by atoms with E-state index in [2.05, 4.69) is 6.58 Å². The highest BCUT2D eigenvalue weighted by molar-refractivity contribution is 5.91. The second kappa shape index (κ2) is 8.11. The lowest BCUT2D eigenvalue weighted by atomic mass is 9.81. The van der Waals surface area contributed by atoms with E-state index >= 15 is 0 Å². The first-order valence-corrected chi connectivity index (χ1v) is 10.8. The zero-order valence-corrected chi connectivity index (χ0v) is 18.8. The van der Waals surface area contributed by atoms with Gasteiger partial charge >= 0.3 is 17.9 Å². The average molecular weight is 440 g/mol. The lowest BCUT2D eigenvalue weighted by Gasteiger charge is -2.35. The first-order valence-electron chi connectivity index (χ1n) is 10.8. The van der Waals surface area contributed by atoms with Gasteiger partial charge in [0.25, 0.3) is 0 Å². The van der Waals surface area contributed by atoms with E-state index in [9.17, 15) is 14.4 Å². The van der Waals surface area contributed by atoms with E-state index in [1.165, 1.54) is 6.92 Å². The molecule has 1 heterocycles. The average Bonchev–Trinajstić information content (AvgIpc) is 3.18. The van der Waals surface area contributed by atoms with Crippen LogP contribution in [0, 0.1) is 11.8 Å². The van der Waals surface area contributed by atoms with Crippen LogP contribution in [0.3, 0.4) is 0 Å². The Hall–Kier alpha value is -3.09. The molecule has 2 fully saturated rings. The van der Waals surface area contributed by atoms with Crippen LogP contribution in [0.2, 0.25) is 0 Å². The van der Waals surface area contributed by atoms with Crippen LogP contribution < -0.4 is 4.74 Å². The zero-order valence-electron chi connectivity index (χ0n) is 18.8. The smallest absolute Gasteiger partial charge is 0.338 e. The largest absolute Gasteiger partial charge is 0.497 e. The predicted molar refractivity (Wildman–Crippen MR) is 115 cm³/mol. The van der Waals surface area contributed by atoms with Crippen LogP contribution >= 0.6 is 0 Å². The third kappa shape index (κ3) is 3.70. The maximum absolute atomic E-state index is 12.8. The molecule has 1 aliphatic heterocycles. The van der Waals surface area contributed by atoms with Gasteiger partial charge in [-0.25, -0.2) is 9.59 Å². The summed E-state index contributed by atoms with van der Waals surface area (Å²) in [7, 11) is 1.56. The van der Waals surface area contributed by atoms with Crippen LogP contribution in [0.5, 0.6) is 5.75 Å². The number of carbonyl (C=O) groups excluding carboxylic acids is 3. The van der Waals surface area contributed by atoms with Crippen molar-refractivity contribution < 1.29 is 33.3 Å². The Morgan fingerprint density at radius 3 is 2.53 bits per heavy atom. The number of hydrogen-bond donors (Lipinski definition) is 0. The van der Waals surface area contributed by atoms with Gasteiger partial charge in [0.15, 0.2) is 0 Å². The number of hydrogen-bond acceptors (Lipinski definition) is 7. The number of ether oxygens (including phenoxy) is 4. The van der Waals surface area contributed by atoms with Gasteiger partial charge in [-0.3, -0.25) is 4.79 Å². The summed E-state index contributed by atoms with van der Waals surface area (Å²) < 4.78 is 22.5. The fraction of sp³-hybridized carbons (Fsp3) is 0.480. The summed E-state index contributed by atoms with van der Waals surface area (Å²) in [6.07, 6.45) is 0.667. The van der Waals surface area contributed by atoms with Crippen LogP contribution in [0.15, 0.2) is 47.6 Å². The van der Waals surface area contributed by atoms with Gasteiger partial charge in [0.2, 0.25) is 0 Å². The Morgan fingerprint density at radius 2 is 1.91 bits per heavy atom. The molecule has 0 spiro atoms. The van der Waals surface area contributed by atoms with Gasteiger partial charge in [0.05, 0.1) is 12.7 Å². The van der Waals surface area contributed by atoms with Crippen molar-refractivity contribution in [3.8, 4) is 5.75 Å². The van der Waals surface area contributed by atoms with Crippen molar-refractivity contribution in [3.63, 3.8) is 0 Å². The van der Waals surface area contributed by atoms with Gasteiger partial charge in [-0.1, -0.05) is 6.58 Å². The molecule has 7 heteroatoms. The maximum atomic E-state index is 12.8. The fourth-order valence-corrected chi connectivity index (χ4v) is 5.32. The lowest BCUT2D eigenvalue weighted by Crippen LogP contribution is -2.40. The third-order valence-electron chi connectivity index (χ3n) is 7.02. The Labute approximate surface area is 187 Å². The summed E-state index contributed by atoms with van der Waals surface area (Å²) in [5.74, 6) is -0.973. The molecule has 0 aromatic heterocycles. The van der Waals surface area contributed by atoms with Gasteiger partial charge in [0.1, 0.15) is 23.6 Å². The second-order valence-corrected chi connectivity index (χ2v) is 8.95. The number of fused-ring (bicyclic) bond motifs is 3. The summed E-state index contributed by atoms with van der Waals surface area (Å²) in [5.41, 5.74) is 1.79. The molecule has 1 saturated carbocycles. The minimum absolute atomic E-state index is 0.177. The molecule has 1 aromatic rings. The summed E-state index contributed by atoms with van der Waals surface area (Å²) in [5, 5.41) is 0. The van der Waals surface area contributed by atoms with Gasteiger partial charge in [-0.05, 0) is 68.5 Å². The molecule has 2 aliphatic carbocycles. The quantitative estimate of drug-likeness (QED) is 0.305. The van der Waals surface area contributed by atoms with E-state index in [1.54, 1.807) is 31.4 Å². The maximum Gasteiger partial charge on any atom is 0.338 e. The molecule has 0 radical (unpaired) electrons. The minimum Gasteiger partial charge on any atom is -0.497 e. The molecule has 170 valence electrons. The number of carbonyl (C=O) groups is 3. The fourth-order valence-electron chi connectivity index (χ4n) is 5.32. The Kier molecular flexibility index (Phi) is 5.61. The van der Waals surface area contributed by atoms with Gasteiger partial charge in [-0.2, -0.15) is 0 Å². The summed E-state index contributed by atoms with van der Waals surface area (Å²) in [6, 6.07) is 6.70. The van der Waals surface area contributed by atoms with E-state index in [-0.39, 0.29) is 17.8 Å². The van der Waals surface area contributed by atoms with Crippen LogP contribution in [-0.4, -0.2) is 42.8 Å². The Balaban J connectivity index is 1.66. The van der Waals surface area contributed by atoms with E-state index in [0.717, 1.165) is 11.1 Å². The molecule has 1 saturated heterocycles. The molecule has 1 unspecified atom stereocenters. The molecule has 0 amide bonds. The SMILES string of the molecule is C=C1C(=O)O[C@@H]2C3=C(C)[C@@H](OC(=O)c4ccc(OC)cc4)CC3[C@](C)(OC(C)=O)CC[C@@H]12. The van der Waals surface area contributed by atoms with Crippen molar-refractivity contribution in [1.82, 2.24) is 0 Å². The predicted octanol–water partition coefficient (Wildman–Crippen LogP) is 3.77. The van der Waals surface area contributed by atoms with Crippen LogP contribution in [0.1, 0.15) is 50.4 Å². The summed E-state index contributed by atoms with van der Waals surface area (Å²) in [6.45, 7) is 9.13. The lowest BCUT2D eigenvalue weighted by molar-refractivity contribution is -0.161.